The third kappa shape index (κ3) is 3.46. The van der Waals surface area contributed by atoms with Crippen LogP contribution in [-0.4, -0.2) is 6.04 Å². The highest BCUT2D eigenvalue weighted by Crippen LogP contribution is 2.18. The molecule has 1 atom stereocenters. The van der Waals surface area contributed by atoms with Crippen molar-refractivity contribution in [3.63, 3.8) is 0 Å². The Labute approximate surface area is 92.9 Å². The number of hydrogen-bond acceptors (Lipinski definition) is 2. The van der Waals surface area contributed by atoms with Crippen LogP contribution in [0.2, 0.25) is 0 Å². The maximum atomic E-state index is 5.64. The van der Waals surface area contributed by atoms with E-state index in [1.165, 1.54) is 12.8 Å². The quantitative estimate of drug-likeness (QED) is 0.723. The van der Waals surface area contributed by atoms with Crippen LogP contribution in [0.3, 0.4) is 0 Å². The first-order chi connectivity index (χ1) is 7.17. The molecule has 0 amide bonds. The van der Waals surface area contributed by atoms with E-state index in [9.17, 15) is 0 Å². The molecular formula is C13H22N2. The van der Waals surface area contributed by atoms with Crippen molar-refractivity contribution in [2.45, 2.75) is 39.7 Å². The molecule has 0 spiro atoms. The minimum absolute atomic E-state index is 0.517. The molecule has 84 valence electrons. The average molecular weight is 206 g/mol. The Morgan fingerprint density at radius 3 is 2.13 bits per heavy atom. The van der Waals surface area contributed by atoms with Crippen LogP contribution < -0.4 is 11.1 Å². The normalized spacial score (nSPS) is 12.8. The molecule has 0 heterocycles. The average Bonchev–Trinajstić information content (AvgIpc) is 2.23. The molecule has 0 saturated carbocycles. The Kier molecular flexibility index (Phi) is 4.47. The van der Waals surface area contributed by atoms with Crippen molar-refractivity contribution >= 4 is 11.4 Å². The summed E-state index contributed by atoms with van der Waals surface area (Å²) in [4.78, 5) is 0. The van der Waals surface area contributed by atoms with E-state index < -0.39 is 0 Å². The zero-order chi connectivity index (χ0) is 11.3. The van der Waals surface area contributed by atoms with Crippen molar-refractivity contribution in [2.75, 3.05) is 11.1 Å². The van der Waals surface area contributed by atoms with E-state index in [-0.39, 0.29) is 0 Å². The van der Waals surface area contributed by atoms with E-state index in [0.29, 0.717) is 6.04 Å². The van der Waals surface area contributed by atoms with Gasteiger partial charge in [0.15, 0.2) is 0 Å². The van der Waals surface area contributed by atoms with Crippen molar-refractivity contribution in [1.82, 2.24) is 0 Å². The number of hydrogen-bond donors (Lipinski definition) is 2. The summed E-state index contributed by atoms with van der Waals surface area (Å²) in [5.74, 6) is 0.738. The van der Waals surface area contributed by atoms with E-state index in [2.05, 4.69) is 26.1 Å². The van der Waals surface area contributed by atoms with Gasteiger partial charge in [0, 0.05) is 17.4 Å². The molecule has 0 aliphatic heterocycles. The lowest BCUT2D eigenvalue weighted by Crippen LogP contribution is -2.24. The molecule has 0 aromatic heterocycles. The molecule has 15 heavy (non-hydrogen) atoms. The van der Waals surface area contributed by atoms with Gasteiger partial charge in [0.25, 0.3) is 0 Å². The summed E-state index contributed by atoms with van der Waals surface area (Å²) in [6.07, 6.45) is 2.44. The van der Waals surface area contributed by atoms with Crippen LogP contribution in [0.1, 0.15) is 33.6 Å². The van der Waals surface area contributed by atoms with Crippen molar-refractivity contribution in [3.05, 3.63) is 24.3 Å². The lowest BCUT2D eigenvalue weighted by Gasteiger charge is -2.23. The van der Waals surface area contributed by atoms with Gasteiger partial charge < -0.3 is 11.1 Å². The minimum Gasteiger partial charge on any atom is -0.399 e. The van der Waals surface area contributed by atoms with Gasteiger partial charge in [0.05, 0.1) is 0 Å². The van der Waals surface area contributed by atoms with Crippen LogP contribution in [0.4, 0.5) is 11.4 Å². The zero-order valence-electron chi connectivity index (χ0n) is 9.96. The second-order valence-electron chi connectivity index (χ2n) is 4.13. The smallest absolute Gasteiger partial charge is 0.0343 e. The van der Waals surface area contributed by atoms with Gasteiger partial charge in [0.1, 0.15) is 0 Å². The molecule has 0 saturated heterocycles. The molecule has 2 heteroatoms. The minimum atomic E-state index is 0.517. The molecule has 0 aliphatic carbocycles. The standard InChI is InChI=1S/C13H22N2/c1-4-11(5-2)10(3)15-13-8-6-12(14)7-9-13/h6-11,15H,4-5,14H2,1-3H3. The number of nitrogens with two attached hydrogens (primary N) is 1. The molecule has 1 rings (SSSR count). The molecule has 0 radical (unpaired) electrons. The van der Waals surface area contributed by atoms with Crippen molar-refractivity contribution in [1.29, 1.82) is 0 Å². The molecule has 1 aromatic rings. The first kappa shape index (κ1) is 11.9. The molecule has 0 bridgehead atoms. The van der Waals surface area contributed by atoms with Gasteiger partial charge >= 0.3 is 0 Å². The predicted molar refractivity (Wildman–Crippen MR) is 68.0 cm³/mol. The van der Waals surface area contributed by atoms with Crippen LogP contribution in [0.15, 0.2) is 24.3 Å². The van der Waals surface area contributed by atoms with Gasteiger partial charge in [-0.1, -0.05) is 26.7 Å². The maximum absolute atomic E-state index is 5.64. The van der Waals surface area contributed by atoms with E-state index in [4.69, 9.17) is 5.73 Å². The lowest BCUT2D eigenvalue weighted by molar-refractivity contribution is 0.438. The van der Waals surface area contributed by atoms with Gasteiger partial charge in [-0.15, -0.1) is 0 Å². The second kappa shape index (κ2) is 5.64. The fourth-order valence-corrected chi connectivity index (χ4v) is 1.96. The van der Waals surface area contributed by atoms with Crippen LogP contribution in [0.5, 0.6) is 0 Å². The Bertz CT molecular complexity index is 275. The van der Waals surface area contributed by atoms with Gasteiger partial charge in [-0.2, -0.15) is 0 Å². The summed E-state index contributed by atoms with van der Waals surface area (Å²) < 4.78 is 0. The van der Waals surface area contributed by atoms with Crippen LogP contribution >= 0.6 is 0 Å². The summed E-state index contributed by atoms with van der Waals surface area (Å²) >= 11 is 0. The highest BCUT2D eigenvalue weighted by molar-refractivity contribution is 5.51. The number of benzene rings is 1. The summed E-state index contributed by atoms with van der Waals surface area (Å²) in [5.41, 5.74) is 7.61. The lowest BCUT2D eigenvalue weighted by atomic mass is 9.95. The summed E-state index contributed by atoms with van der Waals surface area (Å²) in [6.45, 7) is 6.73. The fraction of sp³-hybridized carbons (Fsp3) is 0.538. The zero-order valence-corrected chi connectivity index (χ0v) is 9.96. The second-order valence-corrected chi connectivity index (χ2v) is 4.13. The van der Waals surface area contributed by atoms with Gasteiger partial charge in [-0.3, -0.25) is 0 Å². The molecular weight excluding hydrogens is 184 g/mol. The van der Waals surface area contributed by atoms with Crippen LogP contribution in [-0.2, 0) is 0 Å². The van der Waals surface area contributed by atoms with E-state index in [1.54, 1.807) is 0 Å². The molecule has 1 unspecified atom stereocenters. The van der Waals surface area contributed by atoms with Gasteiger partial charge in [0.2, 0.25) is 0 Å². The number of rotatable bonds is 5. The van der Waals surface area contributed by atoms with Crippen LogP contribution in [0, 0.1) is 5.92 Å². The highest BCUT2D eigenvalue weighted by atomic mass is 14.9. The third-order valence-corrected chi connectivity index (χ3v) is 3.06. The van der Waals surface area contributed by atoms with Crippen molar-refractivity contribution < 1.29 is 0 Å². The maximum Gasteiger partial charge on any atom is 0.0343 e. The van der Waals surface area contributed by atoms with Gasteiger partial charge in [-0.25, -0.2) is 0 Å². The van der Waals surface area contributed by atoms with Crippen molar-refractivity contribution in [3.8, 4) is 0 Å². The largest absolute Gasteiger partial charge is 0.399 e. The third-order valence-electron chi connectivity index (χ3n) is 3.06. The first-order valence-corrected chi connectivity index (χ1v) is 5.79. The Morgan fingerprint density at radius 2 is 1.67 bits per heavy atom. The summed E-state index contributed by atoms with van der Waals surface area (Å²) in [6, 6.07) is 8.45. The summed E-state index contributed by atoms with van der Waals surface area (Å²) in [7, 11) is 0. The van der Waals surface area contributed by atoms with E-state index in [0.717, 1.165) is 17.3 Å². The highest BCUT2D eigenvalue weighted by Gasteiger charge is 2.12. The fourth-order valence-electron chi connectivity index (χ4n) is 1.96. The first-order valence-electron chi connectivity index (χ1n) is 5.79. The number of nitrogens with one attached hydrogen (secondary N) is 1. The molecule has 0 aliphatic rings. The predicted octanol–water partition coefficient (Wildman–Crippen LogP) is 3.51. The Hall–Kier alpha value is -1.18. The summed E-state index contributed by atoms with van der Waals surface area (Å²) in [5, 5.41) is 3.52. The Balaban J connectivity index is 2.57. The van der Waals surface area contributed by atoms with Crippen LogP contribution in [0.25, 0.3) is 0 Å². The Morgan fingerprint density at radius 1 is 1.13 bits per heavy atom. The van der Waals surface area contributed by atoms with Gasteiger partial charge in [-0.05, 0) is 37.1 Å². The molecule has 1 aromatic carbocycles. The van der Waals surface area contributed by atoms with E-state index in [1.807, 2.05) is 24.3 Å². The number of anilines is 2. The SMILES string of the molecule is CCC(CC)C(C)Nc1ccc(N)cc1. The molecule has 0 fully saturated rings. The number of nitrogen functional groups attached to an aromatic ring is 1. The molecule has 2 nitrogen and oxygen atoms in total. The monoisotopic (exact) mass is 206 g/mol. The van der Waals surface area contributed by atoms with E-state index >= 15 is 0 Å². The topological polar surface area (TPSA) is 38.0 Å². The molecule has 3 N–H and O–H groups in total. The van der Waals surface area contributed by atoms with Crippen molar-refractivity contribution in [2.24, 2.45) is 5.92 Å².